The lowest BCUT2D eigenvalue weighted by molar-refractivity contribution is -0.114. The number of hydrogen-bond donors (Lipinski definition) is 0. The molecule has 0 atom stereocenters. The summed E-state index contributed by atoms with van der Waals surface area (Å²) in [7, 11) is 0. The van der Waals surface area contributed by atoms with Gasteiger partial charge < -0.3 is 4.52 Å². The lowest BCUT2D eigenvalue weighted by Crippen LogP contribution is -2.29. The molecular weight excluding hydrogens is 312 g/mol. The van der Waals surface area contributed by atoms with Crippen LogP contribution in [0.1, 0.15) is 21.8 Å². The van der Waals surface area contributed by atoms with Gasteiger partial charge in [0, 0.05) is 10.5 Å². The van der Waals surface area contributed by atoms with Crippen molar-refractivity contribution in [2.24, 2.45) is 0 Å². The van der Waals surface area contributed by atoms with Crippen LogP contribution in [0.15, 0.2) is 33.3 Å². The van der Waals surface area contributed by atoms with E-state index in [4.69, 9.17) is 4.52 Å². The van der Waals surface area contributed by atoms with Crippen molar-refractivity contribution < 1.29 is 14.1 Å². The van der Waals surface area contributed by atoms with Crippen molar-refractivity contribution in [3.8, 4) is 0 Å². The number of Topliss-reactive ketones (excluding diaryl/α,β-unsaturated/α-hetero) is 1. The van der Waals surface area contributed by atoms with Gasteiger partial charge in [-0.15, -0.1) is 0 Å². The van der Waals surface area contributed by atoms with E-state index < -0.39 is 11.7 Å². The highest BCUT2D eigenvalue weighted by molar-refractivity contribution is 9.10. The molecule has 1 aromatic heterocycles. The van der Waals surface area contributed by atoms with Gasteiger partial charge in [0.1, 0.15) is 11.5 Å². The number of anilines is 1. The summed E-state index contributed by atoms with van der Waals surface area (Å²) < 4.78 is 5.59. The van der Waals surface area contributed by atoms with E-state index in [1.165, 1.54) is 4.90 Å². The number of hydrogen-bond acceptors (Lipinski definition) is 4. The Balaban J connectivity index is 2.02. The van der Waals surface area contributed by atoms with Crippen molar-refractivity contribution in [3.05, 3.63) is 45.8 Å². The Kier molecular flexibility index (Phi) is 2.74. The average Bonchev–Trinajstić information content (AvgIpc) is 2.88. The molecule has 1 aliphatic heterocycles. The number of halogens is 1. The molecule has 0 spiro atoms. The maximum atomic E-state index is 12.0. The predicted octanol–water partition coefficient (Wildman–Crippen LogP) is 2.48. The molecule has 96 valence electrons. The molecule has 5 nitrogen and oxygen atoms in total. The topological polar surface area (TPSA) is 63.4 Å². The molecule has 3 rings (SSSR count). The summed E-state index contributed by atoms with van der Waals surface area (Å²) in [5.41, 5.74) is 1.63. The predicted molar refractivity (Wildman–Crippen MR) is 70.9 cm³/mol. The number of aryl methyl sites for hydroxylation is 1. The monoisotopic (exact) mass is 320 g/mol. The Morgan fingerprint density at radius 2 is 2.16 bits per heavy atom. The molecule has 0 aliphatic carbocycles. The summed E-state index contributed by atoms with van der Waals surface area (Å²) >= 11 is 3.30. The summed E-state index contributed by atoms with van der Waals surface area (Å²) in [5, 5.41) is 3.84. The maximum absolute atomic E-state index is 12.0. The third kappa shape index (κ3) is 1.88. The van der Waals surface area contributed by atoms with Crippen molar-refractivity contribution in [1.82, 2.24) is 5.16 Å². The van der Waals surface area contributed by atoms with Crippen LogP contribution in [0.5, 0.6) is 0 Å². The Bertz CT molecular complexity index is 693. The zero-order valence-electron chi connectivity index (χ0n) is 10.0. The number of carbonyl (C=O) groups is 2. The minimum Gasteiger partial charge on any atom is -0.361 e. The van der Waals surface area contributed by atoms with Crippen molar-refractivity contribution in [3.63, 3.8) is 0 Å². The number of aromatic nitrogens is 1. The van der Waals surface area contributed by atoms with Crippen LogP contribution in [0.4, 0.5) is 5.69 Å². The van der Waals surface area contributed by atoms with Gasteiger partial charge >= 0.3 is 0 Å². The lowest BCUT2D eigenvalue weighted by atomic mass is 10.1. The van der Waals surface area contributed by atoms with Gasteiger partial charge in [-0.25, -0.2) is 0 Å². The van der Waals surface area contributed by atoms with Gasteiger partial charge in [0.25, 0.3) is 11.7 Å². The number of amides is 1. The minimum absolute atomic E-state index is 0.228. The molecule has 0 saturated carbocycles. The van der Waals surface area contributed by atoms with Crippen LogP contribution in [-0.2, 0) is 11.3 Å². The molecular formula is C13H9BrN2O3. The minimum atomic E-state index is -0.539. The molecule has 0 radical (unpaired) electrons. The summed E-state index contributed by atoms with van der Waals surface area (Å²) in [6.07, 6.45) is 0. The van der Waals surface area contributed by atoms with E-state index in [0.29, 0.717) is 27.2 Å². The molecule has 2 heterocycles. The first kappa shape index (κ1) is 12.1. The van der Waals surface area contributed by atoms with E-state index >= 15 is 0 Å². The van der Waals surface area contributed by atoms with Crippen molar-refractivity contribution in [1.29, 1.82) is 0 Å². The summed E-state index contributed by atoms with van der Waals surface area (Å²) in [6.45, 7) is 2.00. The van der Waals surface area contributed by atoms with Crippen molar-refractivity contribution >= 4 is 33.3 Å². The van der Waals surface area contributed by atoms with Gasteiger partial charge in [0.2, 0.25) is 0 Å². The van der Waals surface area contributed by atoms with Crippen LogP contribution < -0.4 is 4.90 Å². The molecule has 1 aliphatic rings. The Morgan fingerprint density at radius 3 is 2.84 bits per heavy atom. The van der Waals surface area contributed by atoms with Gasteiger partial charge in [-0.05, 0) is 35.0 Å². The molecule has 0 unspecified atom stereocenters. The summed E-state index contributed by atoms with van der Waals surface area (Å²) in [6, 6.07) is 7.02. The fourth-order valence-corrected chi connectivity index (χ4v) is 2.65. The lowest BCUT2D eigenvalue weighted by Gasteiger charge is -2.14. The van der Waals surface area contributed by atoms with Crippen LogP contribution in [-0.4, -0.2) is 16.8 Å². The fourth-order valence-electron chi connectivity index (χ4n) is 2.11. The number of carbonyl (C=O) groups excluding carboxylic acids is 2. The van der Waals surface area contributed by atoms with E-state index in [9.17, 15) is 9.59 Å². The van der Waals surface area contributed by atoms with Gasteiger partial charge in [0.05, 0.1) is 17.8 Å². The first-order valence-electron chi connectivity index (χ1n) is 5.65. The second-order valence-corrected chi connectivity index (χ2v) is 5.14. The third-order valence-corrected chi connectivity index (χ3v) is 3.61. The maximum Gasteiger partial charge on any atom is 0.299 e. The Hall–Kier alpha value is -1.95. The summed E-state index contributed by atoms with van der Waals surface area (Å²) in [4.78, 5) is 25.4. The van der Waals surface area contributed by atoms with E-state index in [2.05, 4.69) is 21.1 Å². The molecule has 2 aromatic rings. The molecule has 6 heteroatoms. The molecule has 1 aromatic carbocycles. The van der Waals surface area contributed by atoms with E-state index in [1.807, 2.05) is 0 Å². The van der Waals surface area contributed by atoms with Gasteiger partial charge in [-0.1, -0.05) is 11.2 Å². The van der Waals surface area contributed by atoms with Crippen LogP contribution in [0.2, 0.25) is 0 Å². The van der Waals surface area contributed by atoms with E-state index in [-0.39, 0.29) is 6.54 Å². The highest BCUT2D eigenvalue weighted by atomic mass is 79.9. The number of benzene rings is 1. The molecule has 19 heavy (non-hydrogen) atoms. The zero-order valence-corrected chi connectivity index (χ0v) is 11.6. The van der Waals surface area contributed by atoms with Crippen LogP contribution >= 0.6 is 15.9 Å². The van der Waals surface area contributed by atoms with Gasteiger partial charge in [-0.2, -0.15) is 0 Å². The molecule has 0 bridgehead atoms. The average molecular weight is 321 g/mol. The highest BCUT2D eigenvalue weighted by Gasteiger charge is 2.37. The standard InChI is InChI=1S/C13H9BrN2O3/c1-7-5-8(15-19-7)6-16-10-4-2-3-9(14)11(10)12(17)13(16)18/h2-5H,6H2,1H3. The van der Waals surface area contributed by atoms with Crippen LogP contribution in [0.3, 0.4) is 0 Å². The Labute approximate surface area is 117 Å². The highest BCUT2D eigenvalue weighted by Crippen LogP contribution is 2.35. The van der Waals surface area contributed by atoms with Gasteiger partial charge in [-0.3, -0.25) is 14.5 Å². The SMILES string of the molecule is Cc1cc(CN2C(=O)C(=O)c3c(Br)cccc32)no1. The fraction of sp³-hybridized carbons (Fsp3) is 0.154. The smallest absolute Gasteiger partial charge is 0.299 e. The van der Waals surface area contributed by atoms with Crippen molar-refractivity contribution in [2.45, 2.75) is 13.5 Å². The van der Waals surface area contributed by atoms with E-state index in [0.717, 1.165) is 0 Å². The number of ketones is 1. The first-order valence-corrected chi connectivity index (χ1v) is 6.44. The zero-order chi connectivity index (χ0) is 13.6. The first-order chi connectivity index (χ1) is 9.08. The second-order valence-electron chi connectivity index (χ2n) is 4.28. The number of nitrogens with zero attached hydrogens (tertiary/aromatic N) is 2. The van der Waals surface area contributed by atoms with Crippen LogP contribution in [0.25, 0.3) is 0 Å². The molecule has 0 N–H and O–H groups in total. The molecule has 0 fully saturated rings. The van der Waals surface area contributed by atoms with Gasteiger partial charge in [0.15, 0.2) is 0 Å². The second kappa shape index (κ2) is 4.31. The number of fused-ring (bicyclic) bond motifs is 1. The van der Waals surface area contributed by atoms with E-state index in [1.54, 1.807) is 31.2 Å². The largest absolute Gasteiger partial charge is 0.361 e. The van der Waals surface area contributed by atoms with Crippen LogP contribution in [0, 0.1) is 6.92 Å². The third-order valence-electron chi connectivity index (χ3n) is 2.95. The Morgan fingerprint density at radius 1 is 1.37 bits per heavy atom. The number of rotatable bonds is 2. The molecule has 0 saturated heterocycles. The summed E-state index contributed by atoms with van der Waals surface area (Å²) in [5.74, 6) is -0.368. The van der Waals surface area contributed by atoms with Crippen molar-refractivity contribution in [2.75, 3.05) is 4.90 Å². The quantitative estimate of drug-likeness (QED) is 0.797. The normalized spacial score (nSPS) is 14.1. The molecule has 1 amide bonds.